The molecule has 5 heteroatoms. The minimum atomic E-state index is -0.255. The van der Waals surface area contributed by atoms with Gasteiger partial charge in [-0.3, -0.25) is 14.5 Å². The number of carbonyl (C=O) groups excluding carboxylic acids is 2. The highest BCUT2D eigenvalue weighted by Gasteiger charge is 2.34. The van der Waals surface area contributed by atoms with Crippen molar-refractivity contribution in [1.82, 2.24) is 4.90 Å². The number of hydrogen-bond donors (Lipinski definition) is 0. The zero-order valence-corrected chi connectivity index (χ0v) is 14.3. The molecule has 1 heterocycles. The van der Waals surface area contributed by atoms with E-state index in [0.29, 0.717) is 17.2 Å². The topological polar surface area (TPSA) is 46.6 Å². The van der Waals surface area contributed by atoms with Gasteiger partial charge in [-0.1, -0.05) is 42.0 Å². The Balaban J connectivity index is 1.82. The summed E-state index contributed by atoms with van der Waals surface area (Å²) in [6.07, 6.45) is 1.73. The molecule has 0 atom stereocenters. The van der Waals surface area contributed by atoms with Gasteiger partial charge >= 0.3 is 0 Å². The number of methoxy groups -OCH3 is 1. The molecule has 0 spiro atoms. The van der Waals surface area contributed by atoms with Crippen molar-refractivity contribution < 1.29 is 14.3 Å². The van der Waals surface area contributed by atoms with E-state index in [-0.39, 0.29) is 11.1 Å². The summed E-state index contributed by atoms with van der Waals surface area (Å²) in [5.74, 6) is 0.456. The molecular weight excluding hydrogens is 322 g/mol. The van der Waals surface area contributed by atoms with Crippen molar-refractivity contribution >= 4 is 29.0 Å². The van der Waals surface area contributed by atoms with Crippen LogP contribution in [0, 0.1) is 6.92 Å². The minimum absolute atomic E-state index is 0.240. The summed E-state index contributed by atoms with van der Waals surface area (Å²) in [5.41, 5.74) is 2.88. The van der Waals surface area contributed by atoms with Crippen molar-refractivity contribution in [2.45, 2.75) is 13.5 Å². The number of hydrogen-bond acceptors (Lipinski definition) is 4. The van der Waals surface area contributed by atoms with Gasteiger partial charge in [0.25, 0.3) is 11.1 Å². The average molecular weight is 339 g/mol. The first-order valence-corrected chi connectivity index (χ1v) is 8.33. The lowest BCUT2D eigenvalue weighted by atomic mass is 10.1. The van der Waals surface area contributed by atoms with Gasteiger partial charge < -0.3 is 4.74 Å². The highest BCUT2D eigenvalue weighted by atomic mass is 32.2. The Morgan fingerprint density at radius 3 is 2.67 bits per heavy atom. The van der Waals surface area contributed by atoms with Crippen molar-refractivity contribution in [3.05, 3.63) is 70.1 Å². The predicted molar refractivity (Wildman–Crippen MR) is 95.7 cm³/mol. The standard InChI is InChI=1S/C19H17NO3S/c1-13-5-3-7-15(9-13)12-20-18(21)17(24-19(20)22)11-14-6-4-8-16(10-14)23-2/h3-11H,12H2,1-2H3/b17-11-. The van der Waals surface area contributed by atoms with Gasteiger partial charge in [-0.2, -0.15) is 0 Å². The molecule has 0 aliphatic carbocycles. The molecule has 0 aromatic heterocycles. The van der Waals surface area contributed by atoms with Crippen LogP contribution >= 0.6 is 11.8 Å². The first-order chi connectivity index (χ1) is 11.6. The molecule has 122 valence electrons. The largest absolute Gasteiger partial charge is 0.497 e. The van der Waals surface area contributed by atoms with E-state index in [2.05, 4.69) is 0 Å². The molecule has 2 aromatic carbocycles. The van der Waals surface area contributed by atoms with E-state index in [4.69, 9.17) is 4.74 Å². The highest BCUT2D eigenvalue weighted by Crippen LogP contribution is 2.33. The second kappa shape index (κ2) is 6.93. The molecule has 0 saturated carbocycles. The molecule has 3 rings (SSSR count). The van der Waals surface area contributed by atoms with Crippen LogP contribution < -0.4 is 4.74 Å². The van der Waals surface area contributed by atoms with Crippen LogP contribution in [0.25, 0.3) is 6.08 Å². The van der Waals surface area contributed by atoms with Crippen LogP contribution in [0.5, 0.6) is 5.75 Å². The zero-order chi connectivity index (χ0) is 17.1. The molecule has 1 aliphatic rings. The van der Waals surface area contributed by atoms with E-state index in [1.54, 1.807) is 13.2 Å². The van der Waals surface area contributed by atoms with Gasteiger partial charge in [-0.15, -0.1) is 0 Å². The van der Waals surface area contributed by atoms with E-state index in [0.717, 1.165) is 28.5 Å². The zero-order valence-electron chi connectivity index (χ0n) is 13.5. The van der Waals surface area contributed by atoms with E-state index < -0.39 is 0 Å². The van der Waals surface area contributed by atoms with Crippen molar-refractivity contribution in [2.24, 2.45) is 0 Å². The van der Waals surface area contributed by atoms with Gasteiger partial charge in [0, 0.05) is 0 Å². The molecule has 0 unspecified atom stereocenters. The number of benzene rings is 2. The third kappa shape index (κ3) is 3.51. The number of aryl methyl sites for hydroxylation is 1. The SMILES string of the molecule is COc1cccc(/C=C2\SC(=O)N(Cc3cccc(C)c3)C2=O)c1. The minimum Gasteiger partial charge on any atom is -0.497 e. The molecule has 2 aromatic rings. The van der Waals surface area contributed by atoms with Gasteiger partial charge in [0.2, 0.25) is 0 Å². The number of rotatable bonds is 4. The normalized spacial score (nSPS) is 16.1. The summed E-state index contributed by atoms with van der Waals surface area (Å²) in [6, 6.07) is 15.2. The summed E-state index contributed by atoms with van der Waals surface area (Å²) in [6.45, 7) is 2.28. The Morgan fingerprint density at radius 2 is 1.92 bits per heavy atom. The molecule has 1 aliphatic heterocycles. The first-order valence-electron chi connectivity index (χ1n) is 7.52. The lowest BCUT2D eigenvalue weighted by Crippen LogP contribution is -2.27. The fraction of sp³-hybridized carbons (Fsp3) is 0.158. The molecule has 0 radical (unpaired) electrons. The van der Waals surface area contributed by atoms with E-state index >= 15 is 0 Å². The number of nitrogens with zero attached hydrogens (tertiary/aromatic N) is 1. The molecule has 0 bridgehead atoms. The monoisotopic (exact) mass is 339 g/mol. The first kappa shape index (κ1) is 16.3. The summed E-state index contributed by atoms with van der Waals surface area (Å²) in [4.78, 5) is 26.5. The van der Waals surface area contributed by atoms with Crippen molar-refractivity contribution in [2.75, 3.05) is 7.11 Å². The van der Waals surface area contributed by atoms with Crippen molar-refractivity contribution in [3.8, 4) is 5.75 Å². The van der Waals surface area contributed by atoms with E-state index in [1.165, 1.54) is 4.90 Å². The fourth-order valence-electron chi connectivity index (χ4n) is 2.51. The molecule has 4 nitrogen and oxygen atoms in total. The van der Waals surface area contributed by atoms with Crippen LogP contribution in [0.15, 0.2) is 53.4 Å². The van der Waals surface area contributed by atoms with Gasteiger partial charge in [-0.05, 0) is 48.0 Å². The maximum Gasteiger partial charge on any atom is 0.293 e. The van der Waals surface area contributed by atoms with Crippen LogP contribution in [0.3, 0.4) is 0 Å². The number of amides is 2. The van der Waals surface area contributed by atoms with Gasteiger partial charge in [0.1, 0.15) is 5.75 Å². The maximum atomic E-state index is 12.5. The van der Waals surface area contributed by atoms with Crippen molar-refractivity contribution in [1.29, 1.82) is 0 Å². The Hall–Kier alpha value is -2.53. The van der Waals surface area contributed by atoms with Gasteiger partial charge in [0.05, 0.1) is 18.6 Å². The molecule has 1 fully saturated rings. The van der Waals surface area contributed by atoms with Gasteiger partial charge in [0.15, 0.2) is 0 Å². The molecule has 1 saturated heterocycles. The number of imide groups is 1. The third-order valence-electron chi connectivity index (χ3n) is 3.69. The Morgan fingerprint density at radius 1 is 1.12 bits per heavy atom. The molecule has 2 amide bonds. The van der Waals surface area contributed by atoms with Crippen LogP contribution in [0.2, 0.25) is 0 Å². The predicted octanol–water partition coefficient (Wildman–Crippen LogP) is 4.24. The third-order valence-corrected chi connectivity index (χ3v) is 4.60. The molecular formula is C19H17NO3S. The Labute approximate surface area is 145 Å². The van der Waals surface area contributed by atoms with Crippen LogP contribution in [0.1, 0.15) is 16.7 Å². The van der Waals surface area contributed by atoms with Crippen molar-refractivity contribution in [3.63, 3.8) is 0 Å². The fourth-order valence-corrected chi connectivity index (χ4v) is 3.35. The second-order valence-corrected chi connectivity index (χ2v) is 6.53. The lowest BCUT2D eigenvalue weighted by Gasteiger charge is -2.12. The Kier molecular flexibility index (Phi) is 4.71. The van der Waals surface area contributed by atoms with Gasteiger partial charge in [-0.25, -0.2) is 0 Å². The average Bonchev–Trinajstić information content (AvgIpc) is 2.83. The molecule has 24 heavy (non-hydrogen) atoms. The second-order valence-electron chi connectivity index (χ2n) is 5.53. The number of ether oxygens (including phenoxy) is 1. The van der Waals surface area contributed by atoms with Crippen LogP contribution in [-0.2, 0) is 11.3 Å². The summed E-state index contributed by atoms with van der Waals surface area (Å²) in [7, 11) is 1.59. The van der Waals surface area contributed by atoms with Crippen LogP contribution in [-0.4, -0.2) is 23.2 Å². The quantitative estimate of drug-likeness (QED) is 0.782. The van der Waals surface area contributed by atoms with Crippen LogP contribution in [0.4, 0.5) is 4.79 Å². The maximum absolute atomic E-state index is 12.5. The smallest absolute Gasteiger partial charge is 0.293 e. The Bertz CT molecular complexity index is 829. The van der Waals surface area contributed by atoms with E-state index in [1.807, 2.05) is 55.5 Å². The van der Waals surface area contributed by atoms with E-state index in [9.17, 15) is 9.59 Å². The number of thioether (sulfide) groups is 1. The number of carbonyl (C=O) groups is 2. The highest BCUT2D eigenvalue weighted by molar-refractivity contribution is 8.18. The summed E-state index contributed by atoms with van der Waals surface area (Å²) < 4.78 is 5.18. The molecule has 0 N–H and O–H groups in total. The lowest BCUT2D eigenvalue weighted by molar-refractivity contribution is -0.123. The summed E-state index contributed by atoms with van der Waals surface area (Å²) in [5, 5.41) is -0.240. The summed E-state index contributed by atoms with van der Waals surface area (Å²) >= 11 is 0.971.